The Bertz CT molecular complexity index is 2930. The Kier molecular flexibility index (Phi) is 57.3. The Hall–Kier alpha value is -4.61. The van der Waals surface area contributed by atoms with E-state index in [-0.39, 0.29) is 144 Å². The fraction of sp³-hybridized carbons (Fsp3) is 0.859. The first kappa shape index (κ1) is 118. The molecular formula is C85H174N8O21Si9. The highest BCUT2D eigenvalue weighted by molar-refractivity contribution is 6.79. The maximum Gasteiger partial charge on any atom is 0.323 e. The van der Waals surface area contributed by atoms with E-state index in [9.17, 15) is 57.5 Å². The van der Waals surface area contributed by atoms with Gasteiger partial charge in [0.1, 0.15) is 18.1 Å². The highest BCUT2D eigenvalue weighted by Crippen LogP contribution is 2.23. The zero-order chi connectivity index (χ0) is 94.2. The van der Waals surface area contributed by atoms with E-state index >= 15 is 0 Å². The Morgan fingerprint density at radius 2 is 0.415 bits per heavy atom. The fourth-order valence-corrected chi connectivity index (χ4v) is 18.3. The molecule has 29 nitrogen and oxygen atoms in total. The molecule has 3 amide bonds. The summed E-state index contributed by atoms with van der Waals surface area (Å²) < 4.78 is 52.1. The van der Waals surface area contributed by atoms with Crippen molar-refractivity contribution in [1.29, 1.82) is 0 Å². The number of unbranched alkanes of at least 4 members (excludes halogenated alkanes) is 4. The Morgan fingerprint density at radius 1 is 0.236 bits per heavy atom. The van der Waals surface area contributed by atoms with E-state index in [4.69, 9.17) is 48.4 Å². The third kappa shape index (κ3) is 68.2. The number of ether oxygens (including phenoxy) is 9. The molecule has 0 spiro atoms. The number of hydrogen-bond donors (Lipinski definition) is 4. The van der Waals surface area contributed by atoms with Gasteiger partial charge in [0.25, 0.3) is 0 Å². The summed E-state index contributed by atoms with van der Waals surface area (Å²) in [6.45, 7) is 57.6. The second-order valence-corrected chi connectivity index (χ2v) is 94.7. The average molecular weight is 1900 g/mol. The summed E-state index contributed by atoms with van der Waals surface area (Å²) in [5, 5.41) is 8.99. The maximum atomic E-state index is 15.0. The second kappa shape index (κ2) is 59.6. The van der Waals surface area contributed by atoms with Crippen molar-refractivity contribution in [2.45, 2.75) is 332 Å². The third-order valence-electron chi connectivity index (χ3n) is 20.1. The Morgan fingerprint density at radius 3 is 0.618 bits per heavy atom. The van der Waals surface area contributed by atoms with Gasteiger partial charge in [0, 0.05) is 92.3 Å². The zero-order valence-electron chi connectivity index (χ0n) is 81.9. The molecule has 123 heavy (non-hydrogen) atoms. The fourth-order valence-electron chi connectivity index (χ4n) is 11.8. The predicted molar refractivity (Wildman–Crippen MR) is 517 cm³/mol. The topological polar surface area (TPSA) is 363 Å². The van der Waals surface area contributed by atoms with Gasteiger partial charge in [-0.05, 0) is 132 Å². The Labute approximate surface area is 751 Å². The molecule has 0 unspecified atom stereocenters. The molecule has 0 aromatic rings. The lowest BCUT2D eigenvalue weighted by molar-refractivity contribution is -0.158. The molecule has 0 aliphatic rings. The van der Waals surface area contributed by atoms with E-state index in [0.29, 0.717) is 76.0 Å². The molecule has 5 N–H and O–H groups in total. The van der Waals surface area contributed by atoms with Crippen LogP contribution in [0.4, 0.5) is 0 Å². The number of nitrogens with two attached hydrogens (primary N) is 1. The van der Waals surface area contributed by atoms with Crippen LogP contribution in [0.1, 0.15) is 77.0 Å². The first-order valence-corrected chi connectivity index (χ1v) is 78.8. The molecule has 0 saturated carbocycles. The van der Waals surface area contributed by atoms with E-state index in [1.807, 2.05) is 0 Å². The third-order valence-corrected chi connectivity index (χ3v) is 35.5. The van der Waals surface area contributed by atoms with Gasteiger partial charge in [-0.2, -0.15) is 0 Å². The van der Waals surface area contributed by atoms with E-state index in [2.05, 4.69) is 193 Å². The molecule has 0 rings (SSSR count). The zero-order valence-corrected chi connectivity index (χ0v) is 90.9. The van der Waals surface area contributed by atoms with Gasteiger partial charge in [0.2, 0.25) is 17.7 Å². The quantitative estimate of drug-likeness (QED) is 0.0190. The van der Waals surface area contributed by atoms with Gasteiger partial charge in [0.15, 0.2) is 0 Å². The molecule has 4 atom stereocenters. The molecule has 0 saturated heterocycles. The van der Waals surface area contributed by atoms with Gasteiger partial charge >= 0.3 is 53.7 Å². The summed E-state index contributed by atoms with van der Waals surface area (Å²) in [6.07, 6.45) is 3.43. The van der Waals surface area contributed by atoms with Gasteiger partial charge in [-0.25, -0.2) is 0 Å². The van der Waals surface area contributed by atoms with Gasteiger partial charge in [0.05, 0.1) is 118 Å². The number of carbonyl (C=O) groups excluding carboxylic acids is 12. The van der Waals surface area contributed by atoms with Crippen molar-refractivity contribution in [2.75, 3.05) is 138 Å². The number of hydrogen-bond acceptors (Lipinski definition) is 26. The van der Waals surface area contributed by atoms with E-state index in [1.54, 1.807) is 0 Å². The number of nitrogens with zero attached hydrogens (tertiary/aromatic N) is 4. The van der Waals surface area contributed by atoms with Crippen LogP contribution in [0.3, 0.4) is 0 Å². The van der Waals surface area contributed by atoms with Crippen molar-refractivity contribution >= 4 is 144 Å². The minimum Gasteiger partial charge on any atom is -0.465 e. The largest absolute Gasteiger partial charge is 0.465 e. The standard InChI is InChI=1S/C85H174N8O21Si9/c1-115(2,3)53-44-106-76(96)64-91(65-77(97)107-45-54-116(4,5)6)71(83(103)112-50-59-121(19,20)21)37-29-33-41-87-74(94)62-90(63-75(95)88-42-34-30-38-72(84(104)113-51-60-122(22,23)24)92(66-78(98)108-46-55-117(7,8)9)67-79(99)109-47-56-118(10,11)12)70(36-28-32-40-86)82(102)89-43-35-31-39-73(85(105)114-52-61-123(25,26)27)93(68-80(100)110-48-57-119(13,14)15)69-81(101)111-49-58-120(16,17)18/h70-73H,28-69,86H2,1-27H3,(H,87,94)(H,88,95)(H,89,102)/t70-,71-,72-,73-/m0/s1. The van der Waals surface area contributed by atoms with Crippen LogP contribution in [0.5, 0.6) is 0 Å². The van der Waals surface area contributed by atoms with Crippen molar-refractivity contribution < 1.29 is 100 Å². The minimum absolute atomic E-state index is 0.0844. The molecule has 0 fully saturated rings. The van der Waals surface area contributed by atoms with E-state index in [1.165, 1.54) is 19.6 Å². The number of nitrogens with one attached hydrogen (secondary N) is 3. The van der Waals surface area contributed by atoms with Crippen molar-refractivity contribution in [3.8, 4) is 0 Å². The van der Waals surface area contributed by atoms with Crippen LogP contribution in [0.15, 0.2) is 0 Å². The summed E-state index contributed by atoms with van der Waals surface area (Å²) in [5.41, 5.74) is 6.07. The van der Waals surface area contributed by atoms with Crippen LogP contribution in [0, 0.1) is 0 Å². The number of carbonyl (C=O) groups is 12. The van der Waals surface area contributed by atoms with Crippen molar-refractivity contribution in [3.05, 3.63) is 0 Å². The summed E-state index contributed by atoms with van der Waals surface area (Å²) in [5.74, 6) is -6.91. The van der Waals surface area contributed by atoms with Crippen molar-refractivity contribution in [1.82, 2.24) is 35.6 Å². The normalized spacial score (nSPS) is 13.7. The number of esters is 9. The van der Waals surface area contributed by atoms with Crippen LogP contribution in [-0.4, -0.2) is 326 Å². The second-order valence-electron chi connectivity index (χ2n) is 44.1. The molecule has 0 radical (unpaired) electrons. The average Bonchev–Trinajstić information content (AvgIpc) is 0.873. The first-order valence-electron chi connectivity index (χ1n) is 45.5. The molecule has 716 valence electrons. The predicted octanol–water partition coefficient (Wildman–Crippen LogP) is 12.6. The summed E-state index contributed by atoms with van der Waals surface area (Å²) in [4.78, 5) is 175. The lowest BCUT2D eigenvalue weighted by Crippen LogP contribution is -2.53. The first-order chi connectivity index (χ1) is 56.5. The molecular weight excluding hydrogens is 1720 g/mol. The highest BCUT2D eigenvalue weighted by atomic mass is 28.3. The maximum absolute atomic E-state index is 15.0. The van der Waals surface area contributed by atoms with Crippen LogP contribution < -0.4 is 21.7 Å². The van der Waals surface area contributed by atoms with Crippen LogP contribution in [0.25, 0.3) is 0 Å². The SMILES string of the molecule is C[Si](C)(C)CCOC(=O)CN(CC(=O)OCC[Si](C)(C)C)[C@@H](CCCCNC(=O)CN(CC(=O)NCCCC[C@@H](C(=O)OCC[Si](C)(C)C)N(CC(=O)OCC[Si](C)(C)C)CC(=O)OCC[Si](C)(C)C)[C@@H](CCCCN)C(=O)NCCCC[C@@H](C(=O)OCC[Si](C)(C)C)N(CC(=O)OCC[Si](C)(C)C)CC(=O)OCC[Si](C)(C)C)C(=O)OCC[Si](C)(C)C. The smallest absolute Gasteiger partial charge is 0.323 e. The van der Waals surface area contributed by atoms with Crippen molar-refractivity contribution in [2.24, 2.45) is 5.73 Å². The number of amides is 3. The monoisotopic (exact) mass is 1900 g/mol. The van der Waals surface area contributed by atoms with E-state index in [0.717, 1.165) is 36.3 Å². The van der Waals surface area contributed by atoms with E-state index < -0.39 is 181 Å². The van der Waals surface area contributed by atoms with Crippen molar-refractivity contribution in [3.63, 3.8) is 0 Å². The minimum atomic E-state index is -1.68. The van der Waals surface area contributed by atoms with Gasteiger partial charge in [-0.1, -0.05) is 183 Å². The summed E-state index contributed by atoms with van der Waals surface area (Å²) in [6, 6.07) is 2.10. The molecule has 0 bridgehead atoms. The van der Waals surface area contributed by atoms with Crippen LogP contribution in [0.2, 0.25) is 231 Å². The molecule has 0 aromatic heterocycles. The molecule has 0 aliphatic heterocycles. The lowest BCUT2D eigenvalue weighted by Gasteiger charge is -2.30. The molecule has 0 aromatic carbocycles. The summed E-state index contributed by atoms with van der Waals surface area (Å²) in [7, 11) is -14.7. The van der Waals surface area contributed by atoms with Gasteiger partial charge in [-0.3, -0.25) is 77.1 Å². The molecule has 0 heterocycles. The summed E-state index contributed by atoms with van der Waals surface area (Å²) >= 11 is 0. The molecule has 38 heteroatoms. The number of rotatable bonds is 70. The van der Waals surface area contributed by atoms with Crippen LogP contribution in [-0.2, 0) is 100 Å². The van der Waals surface area contributed by atoms with Gasteiger partial charge < -0.3 is 64.3 Å². The highest BCUT2D eigenvalue weighted by Gasteiger charge is 2.38. The van der Waals surface area contributed by atoms with Gasteiger partial charge in [-0.15, -0.1) is 0 Å². The Balaban J connectivity index is 7.76. The molecule has 0 aliphatic carbocycles. The lowest BCUT2D eigenvalue weighted by atomic mass is 10.1. The van der Waals surface area contributed by atoms with Crippen LogP contribution >= 0.6 is 0 Å².